The van der Waals surface area contributed by atoms with Crippen molar-refractivity contribution in [2.24, 2.45) is 0 Å². The Morgan fingerprint density at radius 1 is 1.17 bits per heavy atom. The summed E-state index contributed by atoms with van der Waals surface area (Å²) in [4.78, 5) is 11.2. The Kier molecular flexibility index (Phi) is 5.29. The van der Waals surface area contributed by atoms with Crippen molar-refractivity contribution in [1.29, 1.82) is 0 Å². The van der Waals surface area contributed by atoms with Crippen LogP contribution in [0, 0.1) is 10.1 Å². The average Bonchev–Trinajstić information content (AvgIpc) is 2.99. The van der Waals surface area contributed by atoms with E-state index in [2.05, 4.69) is 25.2 Å². The fourth-order valence-electron chi connectivity index (χ4n) is 4.34. The van der Waals surface area contributed by atoms with Crippen LogP contribution in [0.15, 0.2) is 47.4 Å². The van der Waals surface area contributed by atoms with E-state index >= 15 is 0 Å². The van der Waals surface area contributed by atoms with Gasteiger partial charge in [-0.1, -0.05) is 38.1 Å². The highest BCUT2D eigenvalue weighted by molar-refractivity contribution is 7.89. The third kappa shape index (κ3) is 3.68. The van der Waals surface area contributed by atoms with Gasteiger partial charge in [0.05, 0.1) is 29.1 Å². The van der Waals surface area contributed by atoms with Gasteiger partial charge in [0.15, 0.2) is 0 Å². The van der Waals surface area contributed by atoms with E-state index in [0.717, 1.165) is 18.1 Å². The molecule has 30 heavy (non-hydrogen) atoms. The Hall–Kier alpha value is -2.49. The molecule has 1 unspecified atom stereocenters. The van der Waals surface area contributed by atoms with Crippen LogP contribution in [0.2, 0.25) is 0 Å². The lowest BCUT2D eigenvalue weighted by atomic mass is 9.86. The largest absolute Gasteiger partial charge is 0.379 e. The first-order valence-electron chi connectivity index (χ1n) is 9.92. The SMILES string of the molecule is CC1(C)CC(Nc2ccc(S(=O)(=O)N3CCOCC3)cc2[N+](=O)[O-])c2ccccc21. The van der Waals surface area contributed by atoms with Crippen molar-refractivity contribution in [3.63, 3.8) is 0 Å². The fraction of sp³-hybridized carbons (Fsp3) is 0.429. The third-order valence-corrected chi connectivity index (χ3v) is 7.78. The Labute approximate surface area is 176 Å². The summed E-state index contributed by atoms with van der Waals surface area (Å²) in [6.45, 7) is 5.42. The van der Waals surface area contributed by atoms with Crippen LogP contribution in [-0.4, -0.2) is 43.9 Å². The summed E-state index contributed by atoms with van der Waals surface area (Å²) < 4.78 is 32.3. The van der Waals surface area contributed by atoms with E-state index < -0.39 is 14.9 Å². The number of hydrogen-bond acceptors (Lipinski definition) is 6. The van der Waals surface area contributed by atoms with Gasteiger partial charge in [-0.2, -0.15) is 4.31 Å². The summed E-state index contributed by atoms with van der Waals surface area (Å²) in [5, 5.41) is 15.1. The van der Waals surface area contributed by atoms with Crippen molar-refractivity contribution < 1.29 is 18.1 Å². The first-order valence-corrected chi connectivity index (χ1v) is 11.4. The number of nitro benzene ring substituents is 1. The predicted octanol–water partition coefficient (Wildman–Crippen LogP) is 3.45. The van der Waals surface area contributed by atoms with Crippen molar-refractivity contribution in [2.45, 2.75) is 36.6 Å². The minimum Gasteiger partial charge on any atom is -0.379 e. The highest BCUT2D eigenvalue weighted by Gasteiger charge is 2.37. The number of benzene rings is 2. The average molecular weight is 432 g/mol. The van der Waals surface area contributed by atoms with Crippen molar-refractivity contribution in [3.05, 3.63) is 63.7 Å². The molecule has 0 aromatic heterocycles. The van der Waals surface area contributed by atoms with Gasteiger partial charge < -0.3 is 10.1 Å². The quantitative estimate of drug-likeness (QED) is 0.575. The van der Waals surface area contributed by atoms with E-state index in [0.29, 0.717) is 18.9 Å². The van der Waals surface area contributed by atoms with Gasteiger partial charge in [-0.3, -0.25) is 10.1 Å². The molecular weight excluding hydrogens is 406 g/mol. The zero-order chi connectivity index (χ0) is 21.5. The molecule has 1 atom stereocenters. The lowest BCUT2D eigenvalue weighted by molar-refractivity contribution is -0.384. The van der Waals surface area contributed by atoms with Crippen LogP contribution in [0.5, 0.6) is 0 Å². The van der Waals surface area contributed by atoms with Crippen LogP contribution >= 0.6 is 0 Å². The molecule has 0 radical (unpaired) electrons. The van der Waals surface area contributed by atoms with Gasteiger partial charge in [-0.05, 0) is 35.1 Å². The minimum atomic E-state index is -3.81. The number of nitro groups is 1. The molecule has 1 N–H and O–H groups in total. The second-order valence-electron chi connectivity index (χ2n) is 8.32. The maximum atomic E-state index is 12.9. The van der Waals surface area contributed by atoms with Crippen LogP contribution in [0.25, 0.3) is 0 Å². The molecule has 2 aromatic rings. The number of nitrogens with one attached hydrogen (secondary N) is 1. The van der Waals surface area contributed by atoms with E-state index in [9.17, 15) is 18.5 Å². The zero-order valence-corrected chi connectivity index (χ0v) is 17.8. The van der Waals surface area contributed by atoms with Crippen LogP contribution in [-0.2, 0) is 20.2 Å². The Balaban J connectivity index is 1.66. The molecule has 1 fully saturated rings. The topological polar surface area (TPSA) is 102 Å². The number of ether oxygens (including phenoxy) is 1. The molecule has 0 amide bonds. The van der Waals surface area contributed by atoms with Gasteiger partial charge in [-0.25, -0.2) is 8.42 Å². The second kappa shape index (κ2) is 7.64. The first-order chi connectivity index (χ1) is 14.2. The minimum absolute atomic E-state index is 0.0529. The van der Waals surface area contributed by atoms with Crippen LogP contribution in [0.3, 0.4) is 0 Å². The summed E-state index contributed by atoms with van der Waals surface area (Å²) in [7, 11) is -3.81. The molecule has 1 heterocycles. The number of nitrogens with zero attached hydrogens (tertiary/aromatic N) is 2. The molecule has 1 aliphatic carbocycles. The van der Waals surface area contributed by atoms with Gasteiger partial charge in [-0.15, -0.1) is 0 Å². The summed E-state index contributed by atoms with van der Waals surface area (Å²) in [6, 6.07) is 12.1. The number of rotatable bonds is 5. The van der Waals surface area contributed by atoms with Gasteiger partial charge in [0.2, 0.25) is 10.0 Å². The summed E-state index contributed by atoms with van der Waals surface area (Å²) >= 11 is 0. The van der Waals surface area contributed by atoms with Gasteiger partial charge in [0, 0.05) is 19.2 Å². The molecule has 4 rings (SSSR count). The van der Waals surface area contributed by atoms with E-state index in [4.69, 9.17) is 4.74 Å². The van der Waals surface area contributed by atoms with Gasteiger partial charge in [0.1, 0.15) is 5.69 Å². The molecular formula is C21H25N3O5S. The molecule has 1 aliphatic heterocycles. The van der Waals surface area contributed by atoms with Crippen LogP contribution in [0.4, 0.5) is 11.4 Å². The predicted molar refractivity (Wildman–Crippen MR) is 113 cm³/mol. The van der Waals surface area contributed by atoms with E-state index in [1.165, 1.54) is 22.0 Å². The van der Waals surface area contributed by atoms with E-state index in [-0.39, 0.29) is 35.1 Å². The summed E-state index contributed by atoms with van der Waals surface area (Å²) in [5.74, 6) is 0. The number of anilines is 1. The summed E-state index contributed by atoms with van der Waals surface area (Å²) in [5.41, 5.74) is 2.35. The third-order valence-electron chi connectivity index (χ3n) is 5.88. The highest BCUT2D eigenvalue weighted by atomic mass is 32.2. The first kappa shape index (κ1) is 20.8. The standard InChI is InChI=1S/C21H25N3O5S/c1-21(2)14-19(16-5-3-4-6-17(16)21)22-18-8-7-15(13-20(18)24(25)26)30(27,28)23-9-11-29-12-10-23/h3-8,13,19,22H,9-12,14H2,1-2H3. The molecule has 9 heteroatoms. The van der Waals surface area contributed by atoms with E-state index in [1.807, 2.05) is 18.2 Å². The van der Waals surface area contributed by atoms with Crippen molar-refractivity contribution >= 4 is 21.4 Å². The Morgan fingerprint density at radius 2 is 1.87 bits per heavy atom. The molecule has 0 spiro atoms. The van der Waals surface area contributed by atoms with Crippen LogP contribution < -0.4 is 5.32 Å². The molecule has 2 aromatic carbocycles. The van der Waals surface area contributed by atoms with E-state index in [1.54, 1.807) is 0 Å². The molecule has 160 valence electrons. The molecule has 0 saturated carbocycles. The van der Waals surface area contributed by atoms with Crippen molar-refractivity contribution in [3.8, 4) is 0 Å². The molecule has 8 nitrogen and oxygen atoms in total. The summed E-state index contributed by atoms with van der Waals surface area (Å²) in [6.07, 6.45) is 0.789. The number of fused-ring (bicyclic) bond motifs is 1. The highest BCUT2D eigenvalue weighted by Crippen LogP contribution is 2.46. The number of hydrogen-bond donors (Lipinski definition) is 1. The fourth-order valence-corrected chi connectivity index (χ4v) is 5.77. The van der Waals surface area contributed by atoms with Crippen molar-refractivity contribution in [1.82, 2.24) is 4.31 Å². The molecule has 1 saturated heterocycles. The van der Waals surface area contributed by atoms with Gasteiger partial charge >= 0.3 is 0 Å². The Bertz CT molecular complexity index is 1080. The molecule has 2 aliphatic rings. The monoisotopic (exact) mass is 431 g/mol. The maximum absolute atomic E-state index is 12.9. The smallest absolute Gasteiger partial charge is 0.293 e. The maximum Gasteiger partial charge on any atom is 0.293 e. The normalized spacial score (nSPS) is 21.2. The number of sulfonamides is 1. The lowest BCUT2D eigenvalue weighted by Gasteiger charge is -2.26. The Morgan fingerprint density at radius 3 is 2.57 bits per heavy atom. The van der Waals surface area contributed by atoms with Crippen molar-refractivity contribution in [2.75, 3.05) is 31.6 Å². The lowest BCUT2D eigenvalue weighted by Crippen LogP contribution is -2.40. The van der Waals surface area contributed by atoms with Crippen LogP contribution in [0.1, 0.15) is 37.4 Å². The zero-order valence-electron chi connectivity index (χ0n) is 17.0. The second-order valence-corrected chi connectivity index (χ2v) is 10.3. The number of morpholine rings is 1. The molecule has 0 bridgehead atoms. The van der Waals surface area contributed by atoms with Gasteiger partial charge in [0.25, 0.3) is 5.69 Å².